The third kappa shape index (κ3) is 4.76. The molecule has 2 aromatic rings. The summed E-state index contributed by atoms with van der Waals surface area (Å²) >= 11 is 0. The summed E-state index contributed by atoms with van der Waals surface area (Å²) < 4.78 is 5.22. The molecule has 0 unspecified atom stereocenters. The van der Waals surface area contributed by atoms with E-state index in [-0.39, 0.29) is 24.8 Å². The fraction of sp³-hybridized carbons (Fsp3) is 0.450. The van der Waals surface area contributed by atoms with E-state index in [4.69, 9.17) is 4.74 Å². The van der Waals surface area contributed by atoms with Crippen molar-refractivity contribution in [3.8, 4) is 5.75 Å². The van der Waals surface area contributed by atoms with E-state index in [1.165, 1.54) is 0 Å². The molecule has 2 amide bonds. The Morgan fingerprint density at radius 2 is 1.83 bits per heavy atom. The van der Waals surface area contributed by atoms with Crippen molar-refractivity contribution in [2.75, 3.05) is 56.5 Å². The zero-order chi connectivity index (χ0) is 21.8. The number of methoxy groups -OCH3 is 1. The van der Waals surface area contributed by atoms with E-state index in [2.05, 4.69) is 20.3 Å². The first-order valence-corrected chi connectivity index (χ1v) is 9.60. The van der Waals surface area contributed by atoms with Gasteiger partial charge in [-0.3, -0.25) is 9.59 Å². The molecule has 30 heavy (non-hydrogen) atoms. The van der Waals surface area contributed by atoms with Gasteiger partial charge in [-0.25, -0.2) is 0 Å². The van der Waals surface area contributed by atoms with Crippen LogP contribution >= 0.6 is 0 Å². The van der Waals surface area contributed by atoms with Crippen LogP contribution in [-0.2, 0) is 16.1 Å². The number of ether oxygens (including phenoxy) is 1. The molecule has 10 heteroatoms. The predicted octanol–water partition coefficient (Wildman–Crippen LogP) is 0.682. The maximum absolute atomic E-state index is 12.7. The van der Waals surface area contributed by atoms with E-state index in [0.717, 1.165) is 5.69 Å². The number of carbonyl (C=O) groups is 2. The van der Waals surface area contributed by atoms with Gasteiger partial charge in [0.05, 0.1) is 19.6 Å². The van der Waals surface area contributed by atoms with E-state index in [9.17, 15) is 9.59 Å². The molecule has 0 radical (unpaired) electrons. The fourth-order valence-corrected chi connectivity index (χ4v) is 3.10. The molecule has 0 saturated carbocycles. The maximum atomic E-state index is 12.7. The minimum atomic E-state index is -0.438. The Morgan fingerprint density at radius 1 is 1.17 bits per heavy atom. The van der Waals surface area contributed by atoms with Crippen molar-refractivity contribution >= 4 is 29.4 Å². The standard InChI is InChI=1S/C20H27N7O3/c1-25(2)19-22-16(23-20(24-19)26(3)4)11-21-18(29)13-9-17(28)27(12-13)14-7-6-8-15(10-14)30-5/h6-8,10,13H,9,11-12H2,1-5H3,(H,21,29)/t13-/m1/s1. The lowest BCUT2D eigenvalue weighted by atomic mass is 10.1. The Morgan fingerprint density at radius 3 is 2.43 bits per heavy atom. The largest absolute Gasteiger partial charge is 0.497 e. The number of anilines is 3. The number of nitrogens with zero attached hydrogens (tertiary/aromatic N) is 6. The molecule has 1 atom stereocenters. The molecule has 1 saturated heterocycles. The van der Waals surface area contributed by atoms with Gasteiger partial charge in [-0.15, -0.1) is 0 Å². The van der Waals surface area contributed by atoms with Crippen molar-refractivity contribution in [1.29, 1.82) is 0 Å². The Kier molecular flexibility index (Phi) is 6.34. The summed E-state index contributed by atoms with van der Waals surface area (Å²) in [5.74, 6) is 1.42. The van der Waals surface area contributed by atoms with Crippen LogP contribution in [0.5, 0.6) is 5.75 Å². The van der Waals surface area contributed by atoms with E-state index in [0.29, 0.717) is 30.0 Å². The molecule has 160 valence electrons. The first kappa shape index (κ1) is 21.3. The highest BCUT2D eigenvalue weighted by atomic mass is 16.5. The molecule has 0 bridgehead atoms. The van der Waals surface area contributed by atoms with Gasteiger partial charge in [0.25, 0.3) is 0 Å². The highest BCUT2D eigenvalue weighted by Crippen LogP contribution is 2.28. The Hall–Kier alpha value is -3.43. The van der Waals surface area contributed by atoms with Crippen LogP contribution < -0.4 is 24.8 Å². The summed E-state index contributed by atoms with van der Waals surface area (Å²) in [5.41, 5.74) is 0.721. The molecule has 1 aromatic carbocycles. The molecular formula is C20H27N7O3. The smallest absolute Gasteiger partial charge is 0.229 e. The lowest BCUT2D eigenvalue weighted by molar-refractivity contribution is -0.126. The minimum Gasteiger partial charge on any atom is -0.497 e. The number of amides is 2. The van der Waals surface area contributed by atoms with Crippen LogP contribution in [0.4, 0.5) is 17.6 Å². The van der Waals surface area contributed by atoms with Gasteiger partial charge in [-0.1, -0.05) is 6.07 Å². The van der Waals surface area contributed by atoms with Gasteiger partial charge in [0, 0.05) is 52.9 Å². The normalized spacial score (nSPS) is 15.8. The first-order chi connectivity index (χ1) is 14.3. The van der Waals surface area contributed by atoms with Gasteiger partial charge >= 0.3 is 0 Å². The molecule has 1 fully saturated rings. The van der Waals surface area contributed by atoms with Crippen LogP contribution in [0, 0.1) is 5.92 Å². The average molecular weight is 413 g/mol. The van der Waals surface area contributed by atoms with Gasteiger partial charge in [0.1, 0.15) is 5.75 Å². The van der Waals surface area contributed by atoms with Crippen LogP contribution in [0.3, 0.4) is 0 Å². The van der Waals surface area contributed by atoms with Crippen molar-refractivity contribution in [3.63, 3.8) is 0 Å². The summed E-state index contributed by atoms with van der Waals surface area (Å²) in [6.07, 6.45) is 0.159. The topological polar surface area (TPSA) is 104 Å². The van der Waals surface area contributed by atoms with Crippen LogP contribution in [0.15, 0.2) is 24.3 Å². The van der Waals surface area contributed by atoms with Gasteiger partial charge in [-0.05, 0) is 12.1 Å². The summed E-state index contributed by atoms with van der Waals surface area (Å²) in [4.78, 5) is 43.5. The summed E-state index contributed by atoms with van der Waals surface area (Å²) in [6.45, 7) is 0.480. The molecular weight excluding hydrogens is 386 g/mol. The lowest BCUT2D eigenvalue weighted by Crippen LogP contribution is -2.33. The Labute approximate surface area is 175 Å². The van der Waals surface area contributed by atoms with E-state index in [1.807, 2.05) is 46.4 Å². The van der Waals surface area contributed by atoms with Crippen LogP contribution in [-0.4, -0.2) is 68.6 Å². The zero-order valence-corrected chi connectivity index (χ0v) is 17.9. The monoisotopic (exact) mass is 413 g/mol. The predicted molar refractivity (Wildman–Crippen MR) is 114 cm³/mol. The molecule has 1 aliphatic heterocycles. The van der Waals surface area contributed by atoms with Gasteiger partial charge < -0.3 is 24.8 Å². The molecule has 1 aromatic heterocycles. The third-order valence-electron chi connectivity index (χ3n) is 4.74. The minimum absolute atomic E-state index is 0.0895. The summed E-state index contributed by atoms with van der Waals surface area (Å²) in [6, 6.07) is 7.25. The van der Waals surface area contributed by atoms with Gasteiger partial charge in [0.15, 0.2) is 5.82 Å². The average Bonchev–Trinajstić information content (AvgIpc) is 3.13. The van der Waals surface area contributed by atoms with Crippen molar-refractivity contribution in [2.45, 2.75) is 13.0 Å². The molecule has 1 N–H and O–H groups in total. The molecule has 2 heterocycles. The van der Waals surface area contributed by atoms with Gasteiger partial charge in [0.2, 0.25) is 23.7 Å². The number of carbonyl (C=O) groups excluding carboxylic acids is 2. The van der Waals surface area contributed by atoms with Crippen molar-refractivity contribution in [2.24, 2.45) is 5.92 Å². The van der Waals surface area contributed by atoms with Crippen molar-refractivity contribution in [3.05, 3.63) is 30.1 Å². The van der Waals surface area contributed by atoms with E-state index in [1.54, 1.807) is 27.9 Å². The number of benzene rings is 1. The lowest BCUT2D eigenvalue weighted by Gasteiger charge is -2.18. The first-order valence-electron chi connectivity index (χ1n) is 9.60. The molecule has 10 nitrogen and oxygen atoms in total. The number of hydrogen-bond donors (Lipinski definition) is 1. The van der Waals surface area contributed by atoms with Crippen LogP contribution in [0.2, 0.25) is 0 Å². The second kappa shape index (κ2) is 8.93. The fourth-order valence-electron chi connectivity index (χ4n) is 3.10. The van der Waals surface area contributed by atoms with Gasteiger partial charge in [-0.2, -0.15) is 15.0 Å². The third-order valence-corrected chi connectivity index (χ3v) is 4.74. The summed E-state index contributed by atoms with van der Waals surface area (Å²) in [5, 5.41) is 2.86. The van der Waals surface area contributed by atoms with E-state index >= 15 is 0 Å². The quantitative estimate of drug-likeness (QED) is 0.707. The molecule has 3 rings (SSSR count). The van der Waals surface area contributed by atoms with Crippen molar-refractivity contribution < 1.29 is 14.3 Å². The number of nitrogens with one attached hydrogen (secondary N) is 1. The molecule has 0 aliphatic carbocycles. The molecule has 0 spiro atoms. The number of aromatic nitrogens is 3. The summed E-state index contributed by atoms with van der Waals surface area (Å²) in [7, 11) is 8.94. The number of hydrogen-bond acceptors (Lipinski definition) is 8. The Balaban J connectivity index is 1.66. The Bertz CT molecular complexity index is 906. The van der Waals surface area contributed by atoms with Crippen molar-refractivity contribution in [1.82, 2.24) is 20.3 Å². The number of rotatable bonds is 7. The van der Waals surface area contributed by atoms with E-state index < -0.39 is 5.92 Å². The second-order valence-electron chi connectivity index (χ2n) is 7.47. The second-order valence-corrected chi connectivity index (χ2v) is 7.47. The SMILES string of the molecule is COc1cccc(N2C[C@H](C(=O)NCc3nc(N(C)C)nc(N(C)C)n3)CC2=O)c1. The zero-order valence-electron chi connectivity index (χ0n) is 17.9. The highest BCUT2D eigenvalue weighted by Gasteiger charge is 2.35. The van der Waals surface area contributed by atoms with Crippen LogP contribution in [0.1, 0.15) is 12.2 Å². The highest BCUT2D eigenvalue weighted by molar-refractivity contribution is 6.00. The maximum Gasteiger partial charge on any atom is 0.229 e. The van der Waals surface area contributed by atoms with Crippen LogP contribution in [0.25, 0.3) is 0 Å². The molecule has 1 aliphatic rings.